The first-order valence-electron chi connectivity index (χ1n) is 7.22. The molecule has 0 spiro atoms. The van der Waals surface area contributed by atoms with E-state index in [0.29, 0.717) is 17.4 Å². The standard InChI is InChI=1S/C15H19N3O2/c1-10-5-2-3-6-11(10)9-18-13-8-4-7-12(15(19)20)14(13)16-17-18/h4,7-8,10-11H,2-3,5-6,9H2,1H3,(H,19,20). The number of rotatable bonds is 3. The molecule has 0 saturated heterocycles. The van der Waals surface area contributed by atoms with E-state index in [1.54, 1.807) is 12.1 Å². The molecule has 1 fully saturated rings. The van der Waals surface area contributed by atoms with Crippen LogP contribution in [0.3, 0.4) is 0 Å². The normalized spacial score (nSPS) is 23.1. The molecule has 3 rings (SSSR count). The lowest BCUT2D eigenvalue weighted by Crippen LogP contribution is -2.22. The molecule has 0 aliphatic heterocycles. The Balaban J connectivity index is 1.92. The van der Waals surface area contributed by atoms with Crippen molar-refractivity contribution in [3.8, 4) is 0 Å². The van der Waals surface area contributed by atoms with Gasteiger partial charge in [0.05, 0.1) is 11.1 Å². The molecular formula is C15H19N3O2. The largest absolute Gasteiger partial charge is 0.478 e. The van der Waals surface area contributed by atoms with Crippen LogP contribution in [0.15, 0.2) is 18.2 Å². The van der Waals surface area contributed by atoms with Gasteiger partial charge in [0.25, 0.3) is 0 Å². The van der Waals surface area contributed by atoms with Crippen molar-refractivity contribution in [2.24, 2.45) is 11.8 Å². The molecule has 2 atom stereocenters. The van der Waals surface area contributed by atoms with E-state index in [4.69, 9.17) is 0 Å². The van der Waals surface area contributed by atoms with Crippen LogP contribution in [0.2, 0.25) is 0 Å². The predicted octanol–water partition coefficient (Wildman–Crippen LogP) is 2.96. The zero-order chi connectivity index (χ0) is 14.1. The Morgan fingerprint density at radius 1 is 1.40 bits per heavy atom. The molecule has 5 nitrogen and oxygen atoms in total. The summed E-state index contributed by atoms with van der Waals surface area (Å²) < 4.78 is 1.87. The molecule has 1 saturated carbocycles. The van der Waals surface area contributed by atoms with Crippen molar-refractivity contribution in [3.05, 3.63) is 23.8 Å². The summed E-state index contributed by atoms with van der Waals surface area (Å²) in [6, 6.07) is 5.23. The topological polar surface area (TPSA) is 68.0 Å². The first kappa shape index (κ1) is 13.1. The Bertz CT molecular complexity index is 635. The Hall–Kier alpha value is -1.91. The molecule has 1 N–H and O–H groups in total. The molecule has 2 unspecified atom stereocenters. The average Bonchev–Trinajstić information content (AvgIpc) is 2.84. The van der Waals surface area contributed by atoms with E-state index in [-0.39, 0.29) is 5.56 Å². The van der Waals surface area contributed by atoms with Crippen LogP contribution in [-0.4, -0.2) is 26.1 Å². The Morgan fingerprint density at radius 2 is 2.20 bits per heavy atom. The van der Waals surface area contributed by atoms with Gasteiger partial charge in [-0.05, 0) is 30.4 Å². The number of carboxylic acid groups (broad SMARTS) is 1. The van der Waals surface area contributed by atoms with Gasteiger partial charge in [-0.3, -0.25) is 0 Å². The third kappa shape index (κ3) is 2.28. The fourth-order valence-corrected chi connectivity index (χ4v) is 3.19. The van der Waals surface area contributed by atoms with Gasteiger partial charge < -0.3 is 5.11 Å². The molecule has 1 aliphatic carbocycles. The number of aromatic carboxylic acids is 1. The first-order chi connectivity index (χ1) is 9.66. The highest BCUT2D eigenvalue weighted by molar-refractivity contribution is 6.00. The molecule has 1 aromatic carbocycles. The summed E-state index contributed by atoms with van der Waals surface area (Å²) in [4.78, 5) is 11.2. The Morgan fingerprint density at radius 3 is 2.95 bits per heavy atom. The maximum atomic E-state index is 11.2. The van der Waals surface area contributed by atoms with Crippen LogP contribution in [0, 0.1) is 11.8 Å². The zero-order valence-corrected chi connectivity index (χ0v) is 11.6. The molecule has 0 radical (unpaired) electrons. The molecule has 106 valence electrons. The number of hydrogen-bond donors (Lipinski definition) is 1. The van der Waals surface area contributed by atoms with Gasteiger partial charge in [0.15, 0.2) is 0 Å². The Labute approximate surface area is 117 Å². The third-order valence-corrected chi connectivity index (χ3v) is 4.47. The third-order valence-electron chi connectivity index (χ3n) is 4.47. The van der Waals surface area contributed by atoms with Gasteiger partial charge in [0.1, 0.15) is 5.52 Å². The van der Waals surface area contributed by atoms with Crippen molar-refractivity contribution in [1.82, 2.24) is 15.0 Å². The van der Waals surface area contributed by atoms with Gasteiger partial charge in [-0.25, -0.2) is 9.48 Å². The summed E-state index contributed by atoms with van der Waals surface area (Å²) in [6.07, 6.45) is 5.10. The lowest BCUT2D eigenvalue weighted by atomic mass is 9.80. The summed E-state index contributed by atoms with van der Waals surface area (Å²) in [5.41, 5.74) is 1.54. The molecule has 2 aromatic rings. The molecule has 5 heteroatoms. The maximum Gasteiger partial charge on any atom is 0.338 e. The lowest BCUT2D eigenvalue weighted by Gasteiger charge is -2.28. The smallest absolute Gasteiger partial charge is 0.338 e. The van der Waals surface area contributed by atoms with Crippen LogP contribution in [0.5, 0.6) is 0 Å². The van der Waals surface area contributed by atoms with Gasteiger partial charge in [-0.1, -0.05) is 37.5 Å². The second-order valence-corrected chi connectivity index (χ2v) is 5.77. The minimum atomic E-state index is -0.950. The molecule has 1 aromatic heterocycles. The van der Waals surface area contributed by atoms with Crippen molar-refractivity contribution in [2.75, 3.05) is 0 Å². The van der Waals surface area contributed by atoms with Gasteiger partial charge in [0.2, 0.25) is 0 Å². The van der Waals surface area contributed by atoms with E-state index in [9.17, 15) is 9.90 Å². The summed E-state index contributed by atoms with van der Waals surface area (Å²) in [5.74, 6) is 0.362. The van der Waals surface area contributed by atoms with E-state index in [0.717, 1.165) is 12.1 Å². The van der Waals surface area contributed by atoms with Crippen molar-refractivity contribution < 1.29 is 9.90 Å². The molecule has 1 aliphatic rings. The fourth-order valence-electron chi connectivity index (χ4n) is 3.19. The minimum absolute atomic E-state index is 0.227. The lowest BCUT2D eigenvalue weighted by molar-refractivity contribution is 0.0699. The van der Waals surface area contributed by atoms with Crippen LogP contribution < -0.4 is 0 Å². The van der Waals surface area contributed by atoms with Crippen molar-refractivity contribution in [2.45, 2.75) is 39.2 Å². The van der Waals surface area contributed by atoms with E-state index in [1.807, 2.05) is 10.7 Å². The molecule has 20 heavy (non-hydrogen) atoms. The van der Waals surface area contributed by atoms with E-state index in [2.05, 4.69) is 17.2 Å². The number of aromatic nitrogens is 3. The summed E-state index contributed by atoms with van der Waals surface area (Å²) in [7, 11) is 0. The van der Waals surface area contributed by atoms with E-state index >= 15 is 0 Å². The van der Waals surface area contributed by atoms with E-state index < -0.39 is 5.97 Å². The van der Waals surface area contributed by atoms with Crippen LogP contribution in [0.1, 0.15) is 43.0 Å². The number of carbonyl (C=O) groups is 1. The molecule has 1 heterocycles. The van der Waals surface area contributed by atoms with Gasteiger partial charge in [-0.2, -0.15) is 0 Å². The maximum absolute atomic E-state index is 11.2. The van der Waals surface area contributed by atoms with Crippen LogP contribution in [0.4, 0.5) is 0 Å². The Kier molecular flexibility index (Phi) is 3.42. The molecule has 0 amide bonds. The van der Waals surface area contributed by atoms with Gasteiger partial charge >= 0.3 is 5.97 Å². The quantitative estimate of drug-likeness (QED) is 0.933. The highest BCUT2D eigenvalue weighted by Gasteiger charge is 2.23. The fraction of sp³-hybridized carbons (Fsp3) is 0.533. The second-order valence-electron chi connectivity index (χ2n) is 5.77. The summed E-state index contributed by atoms with van der Waals surface area (Å²) >= 11 is 0. The van der Waals surface area contributed by atoms with Crippen LogP contribution in [0.25, 0.3) is 11.0 Å². The predicted molar refractivity (Wildman–Crippen MR) is 75.6 cm³/mol. The van der Waals surface area contributed by atoms with Crippen molar-refractivity contribution in [3.63, 3.8) is 0 Å². The first-order valence-corrected chi connectivity index (χ1v) is 7.22. The number of carboxylic acids is 1. The summed E-state index contributed by atoms with van der Waals surface area (Å²) in [6.45, 7) is 3.13. The highest BCUT2D eigenvalue weighted by Crippen LogP contribution is 2.31. The van der Waals surface area contributed by atoms with Crippen molar-refractivity contribution in [1.29, 1.82) is 0 Å². The highest BCUT2D eigenvalue weighted by atomic mass is 16.4. The summed E-state index contributed by atoms with van der Waals surface area (Å²) in [5, 5.41) is 17.4. The zero-order valence-electron chi connectivity index (χ0n) is 11.6. The molecule has 0 bridgehead atoms. The van der Waals surface area contributed by atoms with Crippen LogP contribution >= 0.6 is 0 Å². The monoisotopic (exact) mass is 273 g/mol. The molecular weight excluding hydrogens is 254 g/mol. The number of hydrogen-bond acceptors (Lipinski definition) is 3. The number of nitrogens with zero attached hydrogens (tertiary/aromatic N) is 3. The average molecular weight is 273 g/mol. The SMILES string of the molecule is CC1CCCCC1Cn1nnc2c(C(=O)O)cccc21. The van der Waals surface area contributed by atoms with Gasteiger partial charge in [-0.15, -0.1) is 5.10 Å². The van der Waals surface area contributed by atoms with Crippen molar-refractivity contribution >= 4 is 17.0 Å². The second kappa shape index (κ2) is 5.23. The van der Waals surface area contributed by atoms with Crippen LogP contribution in [-0.2, 0) is 6.54 Å². The number of benzene rings is 1. The number of fused-ring (bicyclic) bond motifs is 1. The van der Waals surface area contributed by atoms with Gasteiger partial charge in [0, 0.05) is 6.54 Å². The minimum Gasteiger partial charge on any atom is -0.478 e. The van der Waals surface area contributed by atoms with E-state index in [1.165, 1.54) is 25.7 Å².